The van der Waals surface area contributed by atoms with E-state index in [2.05, 4.69) is 39.4 Å². The van der Waals surface area contributed by atoms with E-state index in [-0.39, 0.29) is 18.2 Å². The smallest absolute Gasteiger partial charge is 0.259 e. The molecule has 4 heterocycles. The molecule has 0 amide bonds. The number of aromatic nitrogens is 5. The Hall–Kier alpha value is -4.27. The number of nitrogens with one attached hydrogen (secondary N) is 1. The Labute approximate surface area is 229 Å². The first-order valence-electron chi connectivity index (χ1n) is 12.7. The monoisotopic (exact) mass is 538 g/mol. The van der Waals surface area contributed by atoms with E-state index in [4.69, 9.17) is 11.6 Å². The molecule has 39 heavy (non-hydrogen) atoms. The highest BCUT2D eigenvalue weighted by molar-refractivity contribution is 6.29. The van der Waals surface area contributed by atoms with Gasteiger partial charge in [-0.1, -0.05) is 29.8 Å². The topological polar surface area (TPSA) is 97.9 Å². The minimum atomic E-state index is -0.187. The summed E-state index contributed by atoms with van der Waals surface area (Å²) in [5.41, 5.74) is 5.91. The number of nitrogens with zero attached hydrogens (tertiary/aromatic N) is 5. The van der Waals surface area contributed by atoms with Crippen LogP contribution in [-0.4, -0.2) is 36.0 Å². The number of hydrogen-bond donors (Lipinski definition) is 2. The second-order valence-corrected chi connectivity index (χ2v) is 10.2. The average Bonchev–Trinajstić information content (AvgIpc) is 3.35. The number of aliphatic hydroxyl groups excluding tert-OH is 1. The summed E-state index contributed by atoms with van der Waals surface area (Å²) in [4.78, 5) is 22.6. The Bertz CT molecular complexity index is 1940. The van der Waals surface area contributed by atoms with Crippen molar-refractivity contribution in [2.24, 2.45) is 7.05 Å². The first-order chi connectivity index (χ1) is 18.9. The lowest BCUT2D eigenvalue weighted by molar-refractivity contribution is 0.271. The lowest BCUT2D eigenvalue weighted by atomic mass is 9.95. The summed E-state index contributed by atoms with van der Waals surface area (Å²) in [5.74, 6) is 0. The second kappa shape index (κ2) is 9.80. The Kier molecular flexibility index (Phi) is 6.29. The van der Waals surface area contributed by atoms with Crippen molar-refractivity contribution < 1.29 is 5.11 Å². The van der Waals surface area contributed by atoms with Crippen molar-refractivity contribution in [3.05, 3.63) is 93.6 Å². The third kappa shape index (κ3) is 4.31. The fourth-order valence-corrected chi connectivity index (χ4v) is 5.52. The predicted octanol–water partition coefficient (Wildman–Crippen LogP) is 5.63. The summed E-state index contributed by atoms with van der Waals surface area (Å²) in [6.45, 7) is 4.29. The maximum atomic E-state index is 13.5. The van der Waals surface area contributed by atoms with Gasteiger partial charge in [0.2, 0.25) is 0 Å². The summed E-state index contributed by atoms with van der Waals surface area (Å²) in [7, 11) is 1.74. The van der Waals surface area contributed by atoms with Gasteiger partial charge in [-0.3, -0.25) is 14.3 Å². The molecule has 8 nitrogen and oxygen atoms in total. The number of aryl methyl sites for hydroxylation is 2. The predicted molar refractivity (Wildman–Crippen MR) is 156 cm³/mol. The number of pyridine rings is 3. The molecule has 6 aromatic rings. The maximum Gasteiger partial charge on any atom is 0.259 e. The highest BCUT2D eigenvalue weighted by atomic mass is 35.5. The zero-order chi connectivity index (χ0) is 27.3. The van der Waals surface area contributed by atoms with Crippen molar-refractivity contribution >= 4 is 50.0 Å². The van der Waals surface area contributed by atoms with E-state index in [1.165, 1.54) is 0 Å². The Morgan fingerprint density at radius 3 is 2.77 bits per heavy atom. The summed E-state index contributed by atoms with van der Waals surface area (Å²) in [5, 5.41) is 21.4. The van der Waals surface area contributed by atoms with Gasteiger partial charge < -0.3 is 10.4 Å². The molecule has 0 saturated heterocycles. The highest BCUT2D eigenvalue weighted by Gasteiger charge is 2.21. The number of aliphatic hydroxyl groups is 1. The molecule has 2 aromatic carbocycles. The molecule has 196 valence electrons. The molecule has 0 radical (unpaired) electrons. The number of halogens is 1. The zero-order valence-electron chi connectivity index (χ0n) is 21.8. The second-order valence-electron chi connectivity index (χ2n) is 9.78. The lowest BCUT2D eigenvalue weighted by Gasteiger charge is -2.21. The van der Waals surface area contributed by atoms with E-state index < -0.39 is 0 Å². The van der Waals surface area contributed by atoms with Gasteiger partial charge in [-0.2, -0.15) is 5.10 Å². The van der Waals surface area contributed by atoms with Crippen LogP contribution in [0.3, 0.4) is 0 Å². The molecule has 0 fully saturated rings. The number of benzene rings is 2. The fourth-order valence-electron chi connectivity index (χ4n) is 5.38. The van der Waals surface area contributed by atoms with E-state index in [1.807, 2.05) is 43.3 Å². The molecular formula is C30H27ClN6O2. The summed E-state index contributed by atoms with van der Waals surface area (Å²) >= 11 is 6.35. The van der Waals surface area contributed by atoms with Crippen LogP contribution in [0.25, 0.3) is 44.0 Å². The van der Waals surface area contributed by atoms with Crippen molar-refractivity contribution in [2.45, 2.75) is 26.4 Å². The average molecular weight is 539 g/mol. The van der Waals surface area contributed by atoms with Crippen LogP contribution < -0.4 is 10.9 Å². The van der Waals surface area contributed by atoms with Gasteiger partial charge in [0.1, 0.15) is 10.8 Å². The van der Waals surface area contributed by atoms with Gasteiger partial charge in [-0.25, -0.2) is 9.67 Å². The fraction of sp³-hybridized carbons (Fsp3) is 0.200. The van der Waals surface area contributed by atoms with Crippen LogP contribution in [0.4, 0.5) is 5.69 Å². The van der Waals surface area contributed by atoms with E-state index in [0.29, 0.717) is 22.7 Å². The summed E-state index contributed by atoms with van der Waals surface area (Å²) < 4.78 is 3.28. The van der Waals surface area contributed by atoms with Crippen molar-refractivity contribution in [3.63, 3.8) is 0 Å². The quantitative estimate of drug-likeness (QED) is 0.267. The summed E-state index contributed by atoms with van der Waals surface area (Å²) in [6, 6.07) is 17.5. The molecule has 0 bridgehead atoms. The van der Waals surface area contributed by atoms with Crippen LogP contribution in [0.1, 0.15) is 24.1 Å². The van der Waals surface area contributed by atoms with Crippen LogP contribution >= 0.6 is 11.6 Å². The molecule has 9 heteroatoms. The van der Waals surface area contributed by atoms with Crippen molar-refractivity contribution in [2.75, 3.05) is 11.9 Å². The zero-order valence-corrected chi connectivity index (χ0v) is 22.6. The molecule has 2 N–H and O–H groups in total. The molecular weight excluding hydrogens is 512 g/mol. The van der Waals surface area contributed by atoms with Crippen molar-refractivity contribution in [3.8, 4) is 11.3 Å². The molecule has 0 saturated carbocycles. The lowest BCUT2D eigenvalue weighted by Crippen LogP contribution is -2.21. The molecule has 1 atom stereocenters. The van der Waals surface area contributed by atoms with E-state index in [0.717, 1.165) is 49.7 Å². The van der Waals surface area contributed by atoms with Crippen LogP contribution in [0.2, 0.25) is 5.15 Å². The molecule has 6 rings (SSSR count). The maximum absolute atomic E-state index is 13.5. The van der Waals surface area contributed by atoms with E-state index in [9.17, 15) is 9.90 Å². The molecule has 1 unspecified atom stereocenters. The third-order valence-corrected chi connectivity index (χ3v) is 7.35. The minimum absolute atomic E-state index is 0.0705. The van der Waals surface area contributed by atoms with Gasteiger partial charge in [0.25, 0.3) is 5.56 Å². The molecule has 0 aliphatic heterocycles. The number of anilines is 1. The van der Waals surface area contributed by atoms with Gasteiger partial charge in [-0.05, 0) is 61.4 Å². The van der Waals surface area contributed by atoms with Crippen LogP contribution in [-0.2, 0) is 13.6 Å². The summed E-state index contributed by atoms with van der Waals surface area (Å²) in [6.07, 6.45) is 3.55. The van der Waals surface area contributed by atoms with Crippen molar-refractivity contribution in [1.82, 2.24) is 24.3 Å². The molecule has 0 aliphatic carbocycles. The Morgan fingerprint density at radius 2 is 1.95 bits per heavy atom. The van der Waals surface area contributed by atoms with Crippen LogP contribution in [0.15, 0.2) is 71.8 Å². The normalized spacial score (nSPS) is 12.4. The Balaban J connectivity index is 1.50. The first-order valence-corrected chi connectivity index (χ1v) is 13.1. The first kappa shape index (κ1) is 25.0. The van der Waals surface area contributed by atoms with E-state index >= 15 is 0 Å². The van der Waals surface area contributed by atoms with Gasteiger partial charge in [-0.15, -0.1) is 0 Å². The molecule has 0 aliphatic rings. The minimum Gasteiger partial charge on any atom is -0.394 e. The number of rotatable bonds is 6. The third-order valence-electron chi connectivity index (χ3n) is 7.13. The van der Waals surface area contributed by atoms with Crippen LogP contribution in [0.5, 0.6) is 0 Å². The molecule has 4 aromatic heterocycles. The van der Waals surface area contributed by atoms with Crippen LogP contribution in [0, 0.1) is 6.92 Å². The van der Waals surface area contributed by atoms with Gasteiger partial charge in [0.15, 0.2) is 0 Å². The largest absolute Gasteiger partial charge is 0.394 e. The molecule has 0 spiro atoms. The van der Waals surface area contributed by atoms with Gasteiger partial charge >= 0.3 is 0 Å². The van der Waals surface area contributed by atoms with Gasteiger partial charge in [0.05, 0.1) is 36.2 Å². The number of hydrogen-bond acceptors (Lipinski definition) is 6. The standard InChI is InChI=1S/C30H27ClN6O2/c1-17-13-21(27-22(14-17)30(39)36(3)29-23(27)16-33-37(29)11-12-38)18(2)34-25-8-9-26(31)35-28(25)20-6-7-24-19(15-20)5-4-10-32-24/h4-10,13-16,18,34,38H,11-12H2,1-3H3. The van der Waals surface area contributed by atoms with Crippen molar-refractivity contribution in [1.29, 1.82) is 0 Å². The van der Waals surface area contributed by atoms with Gasteiger partial charge in [0, 0.05) is 46.4 Å². The Morgan fingerprint density at radius 1 is 1.10 bits per heavy atom. The highest BCUT2D eigenvalue weighted by Crippen LogP contribution is 2.35. The number of fused-ring (bicyclic) bond motifs is 4. The van der Waals surface area contributed by atoms with E-state index in [1.54, 1.807) is 34.8 Å². The SMILES string of the molecule is Cc1cc(C(C)Nc2ccc(Cl)nc2-c2ccc3ncccc3c2)c2c(c1)c(=O)n(C)c1c2cnn1CCO.